The Morgan fingerprint density at radius 1 is 1.31 bits per heavy atom. The summed E-state index contributed by atoms with van der Waals surface area (Å²) in [7, 11) is 1.61. The summed E-state index contributed by atoms with van der Waals surface area (Å²) >= 11 is 0. The molecule has 132 valence electrons. The molecule has 26 heavy (non-hydrogen) atoms. The van der Waals surface area contributed by atoms with Crippen LogP contribution in [0.3, 0.4) is 0 Å². The average molecular weight is 350 g/mol. The van der Waals surface area contributed by atoms with Gasteiger partial charge in [0.05, 0.1) is 7.11 Å². The Morgan fingerprint density at radius 3 is 2.92 bits per heavy atom. The van der Waals surface area contributed by atoms with Crippen LogP contribution in [0.25, 0.3) is 17.5 Å². The number of allylic oxidation sites excluding steroid dienone is 1. The number of hydrogen-bond acceptors (Lipinski definition) is 5. The van der Waals surface area contributed by atoms with Crippen molar-refractivity contribution in [2.45, 2.75) is 6.92 Å². The number of hydrogen-bond donors (Lipinski definition) is 2. The van der Waals surface area contributed by atoms with Crippen molar-refractivity contribution in [3.8, 4) is 17.2 Å². The summed E-state index contributed by atoms with van der Waals surface area (Å²) in [6.07, 6.45) is 5.02. The highest BCUT2D eigenvalue weighted by atomic mass is 16.5. The number of aromatic amines is 1. The number of carbonyl (C=O) groups is 1. The molecule has 2 N–H and O–H groups in total. The zero-order valence-corrected chi connectivity index (χ0v) is 14.4. The Hall–Kier alpha value is -3.61. The van der Waals surface area contributed by atoms with Crippen molar-refractivity contribution in [1.82, 2.24) is 15.6 Å². The number of rotatable bonds is 6. The maximum atomic E-state index is 12.0. The molecule has 2 aromatic heterocycles. The molecule has 1 amide bonds. The second kappa shape index (κ2) is 7.98. The van der Waals surface area contributed by atoms with Crippen molar-refractivity contribution in [3.63, 3.8) is 0 Å². The van der Waals surface area contributed by atoms with Gasteiger partial charge in [0.25, 0.3) is 5.91 Å². The zero-order valence-electron chi connectivity index (χ0n) is 14.4. The second-order valence-electron chi connectivity index (χ2n) is 5.40. The van der Waals surface area contributed by atoms with Gasteiger partial charge < -0.3 is 9.15 Å². The summed E-state index contributed by atoms with van der Waals surface area (Å²) in [6, 6.07) is 12.9. The van der Waals surface area contributed by atoms with Crippen LogP contribution in [0.4, 0.5) is 0 Å². The monoisotopic (exact) mass is 350 g/mol. The van der Waals surface area contributed by atoms with Crippen molar-refractivity contribution in [3.05, 3.63) is 65.6 Å². The molecule has 0 bridgehead atoms. The Kier molecular flexibility index (Phi) is 5.28. The van der Waals surface area contributed by atoms with Crippen molar-refractivity contribution in [2.75, 3.05) is 7.11 Å². The lowest BCUT2D eigenvalue weighted by Crippen LogP contribution is -2.17. The minimum Gasteiger partial charge on any atom is -0.496 e. The van der Waals surface area contributed by atoms with E-state index in [-0.39, 0.29) is 5.69 Å². The number of carbonyl (C=O) groups excluding carboxylic acids is 1. The van der Waals surface area contributed by atoms with Gasteiger partial charge in [0.2, 0.25) is 0 Å². The van der Waals surface area contributed by atoms with Crippen LogP contribution >= 0.6 is 0 Å². The number of nitrogens with zero attached hydrogens (tertiary/aromatic N) is 2. The van der Waals surface area contributed by atoms with E-state index >= 15 is 0 Å². The molecular formula is C19H18N4O3. The molecule has 0 aliphatic heterocycles. The van der Waals surface area contributed by atoms with Crippen LogP contribution in [0.5, 0.6) is 5.75 Å². The summed E-state index contributed by atoms with van der Waals surface area (Å²) < 4.78 is 10.7. The molecule has 0 aliphatic rings. The molecule has 0 atom stereocenters. The first-order chi connectivity index (χ1) is 12.7. The number of ether oxygens (including phenoxy) is 1. The van der Waals surface area contributed by atoms with Crippen LogP contribution in [-0.2, 0) is 0 Å². The Balaban J connectivity index is 1.58. The smallest absolute Gasteiger partial charge is 0.291 e. The minimum absolute atomic E-state index is 0.222. The number of amides is 1. The summed E-state index contributed by atoms with van der Waals surface area (Å²) in [5, 5.41) is 10.6. The second-order valence-corrected chi connectivity index (χ2v) is 5.40. The highest BCUT2D eigenvalue weighted by Crippen LogP contribution is 2.20. The van der Waals surface area contributed by atoms with Crippen LogP contribution in [0.15, 0.2) is 58.1 Å². The maximum absolute atomic E-state index is 12.0. The number of aryl methyl sites for hydroxylation is 1. The van der Waals surface area contributed by atoms with Gasteiger partial charge in [0.1, 0.15) is 17.2 Å². The first-order valence-electron chi connectivity index (χ1n) is 7.92. The largest absolute Gasteiger partial charge is 0.496 e. The quantitative estimate of drug-likeness (QED) is 0.526. The number of aromatic nitrogens is 2. The molecule has 0 aliphatic carbocycles. The van der Waals surface area contributed by atoms with Gasteiger partial charge in [-0.2, -0.15) is 10.2 Å². The molecule has 3 aromatic rings. The number of para-hydroxylation sites is 1. The average Bonchev–Trinajstić information content (AvgIpc) is 3.30. The van der Waals surface area contributed by atoms with E-state index in [1.807, 2.05) is 49.4 Å². The summed E-state index contributed by atoms with van der Waals surface area (Å²) in [5.41, 5.74) is 4.18. The van der Waals surface area contributed by atoms with E-state index in [2.05, 4.69) is 20.7 Å². The first-order valence-corrected chi connectivity index (χ1v) is 7.92. The van der Waals surface area contributed by atoms with Gasteiger partial charge >= 0.3 is 0 Å². The molecular weight excluding hydrogens is 332 g/mol. The molecule has 0 fully saturated rings. The van der Waals surface area contributed by atoms with Gasteiger partial charge in [-0.15, -0.1) is 0 Å². The van der Waals surface area contributed by atoms with Gasteiger partial charge in [-0.25, -0.2) is 5.43 Å². The zero-order chi connectivity index (χ0) is 18.4. The van der Waals surface area contributed by atoms with Crippen molar-refractivity contribution in [2.24, 2.45) is 5.10 Å². The predicted octanol–water partition coefficient (Wildman–Crippen LogP) is 3.42. The van der Waals surface area contributed by atoms with E-state index < -0.39 is 5.91 Å². The fourth-order valence-corrected chi connectivity index (χ4v) is 2.29. The fourth-order valence-electron chi connectivity index (χ4n) is 2.29. The van der Waals surface area contributed by atoms with Gasteiger partial charge in [0, 0.05) is 17.8 Å². The van der Waals surface area contributed by atoms with Crippen LogP contribution in [0.2, 0.25) is 0 Å². The highest BCUT2D eigenvalue weighted by molar-refractivity contribution is 5.93. The summed E-state index contributed by atoms with van der Waals surface area (Å²) in [4.78, 5) is 12.0. The lowest BCUT2D eigenvalue weighted by atomic mass is 10.2. The minimum atomic E-state index is -0.419. The number of benzene rings is 1. The van der Waals surface area contributed by atoms with Gasteiger partial charge in [-0.1, -0.05) is 18.2 Å². The third-order valence-electron chi connectivity index (χ3n) is 3.56. The molecule has 0 saturated carbocycles. The molecule has 0 radical (unpaired) electrons. The lowest BCUT2D eigenvalue weighted by molar-refractivity contribution is 0.0950. The van der Waals surface area contributed by atoms with E-state index in [0.29, 0.717) is 11.5 Å². The van der Waals surface area contributed by atoms with Crippen LogP contribution < -0.4 is 10.2 Å². The highest BCUT2D eigenvalue weighted by Gasteiger charge is 2.12. The lowest BCUT2D eigenvalue weighted by Gasteiger charge is -2.02. The maximum Gasteiger partial charge on any atom is 0.291 e. The Labute approximate surface area is 150 Å². The number of nitrogens with one attached hydrogen (secondary N) is 2. The van der Waals surface area contributed by atoms with E-state index in [1.165, 1.54) is 6.21 Å². The summed E-state index contributed by atoms with van der Waals surface area (Å²) in [5.74, 6) is 1.75. The normalized spacial score (nSPS) is 11.3. The number of furan rings is 1. The third kappa shape index (κ3) is 4.07. The van der Waals surface area contributed by atoms with Gasteiger partial charge in [0.15, 0.2) is 11.5 Å². The van der Waals surface area contributed by atoms with Crippen molar-refractivity contribution < 1.29 is 13.9 Å². The SMILES string of the molecule is COc1ccccc1/C=C/C=N\NC(=O)c1cc(-c2ccc(C)o2)[nH]n1. The van der Waals surface area contributed by atoms with E-state index in [9.17, 15) is 4.79 Å². The fraction of sp³-hybridized carbons (Fsp3) is 0.105. The Bertz CT molecular complexity index is 953. The Morgan fingerprint density at radius 2 is 2.15 bits per heavy atom. The molecule has 7 nitrogen and oxygen atoms in total. The number of H-pyrrole nitrogens is 1. The van der Waals surface area contributed by atoms with Gasteiger partial charge in [-0.3, -0.25) is 9.89 Å². The van der Waals surface area contributed by atoms with E-state index in [1.54, 1.807) is 19.3 Å². The number of hydrazone groups is 1. The molecule has 0 saturated heterocycles. The van der Waals surface area contributed by atoms with Crippen LogP contribution in [0, 0.1) is 6.92 Å². The van der Waals surface area contributed by atoms with Crippen LogP contribution in [0.1, 0.15) is 21.8 Å². The molecule has 3 rings (SSSR count). The van der Waals surface area contributed by atoms with Crippen molar-refractivity contribution in [1.29, 1.82) is 0 Å². The van der Waals surface area contributed by atoms with Crippen molar-refractivity contribution >= 4 is 18.2 Å². The van der Waals surface area contributed by atoms with Gasteiger partial charge in [-0.05, 0) is 37.3 Å². The number of methoxy groups -OCH3 is 1. The first kappa shape index (κ1) is 17.2. The predicted molar refractivity (Wildman–Crippen MR) is 99.0 cm³/mol. The molecule has 2 heterocycles. The van der Waals surface area contributed by atoms with Crippen LogP contribution in [-0.4, -0.2) is 29.4 Å². The molecule has 7 heteroatoms. The molecule has 1 aromatic carbocycles. The summed E-state index contributed by atoms with van der Waals surface area (Å²) in [6.45, 7) is 1.85. The topological polar surface area (TPSA) is 92.5 Å². The standard InChI is InChI=1S/C19H18N4O3/c1-13-9-10-18(26-13)15-12-16(22-21-15)19(24)23-20-11-5-7-14-6-3-4-8-17(14)25-2/h3-12H,1-2H3,(H,21,22)(H,23,24)/b7-5+,20-11-. The third-order valence-corrected chi connectivity index (χ3v) is 3.56. The van der Waals surface area contributed by atoms with E-state index in [0.717, 1.165) is 17.1 Å². The molecule has 0 unspecified atom stereocenters. The molecule has 0 spiro atoms. The van der Waals surface area contributed by atoms with E-state index in [4.69, 9.17) is 9.15 Å².